The standard InChI is InChI=1S/C17H25ClO/c1-8-9-19-15-13(17(5,6)7)10-12(11-14(15)18)16(2,3)4/h8,10-11H,1,9H2,2-7H3. The van der Waals surface area contributed by atoms with Gasteiger partial charge in [0.1, 0.15) is 12.4 Å². The van der Waals surface area contributed by atoms with Gasteiger partial charge in [-0.15, -0.1) is 0 Å². The van der Waals surface area contributed by atoms with E-state index in [1.54, 1.807) is 6.08 Å². The van der Waals surface area contributed by atoms with Crippen LogP contribution in [0.25, 0.3) is 0 Å². The highest BCUT2D eigenvalue weighted by atomic mass is 35.5. The molecule has 0 amide bonds. The van der Waals surface area contributed by atoms with E-state index in [1.165, 1.54) is 5.56 Å². The molecule has 106 valence electrons. The molecule has 19 heavy (non-hydrogen) atoms. The van der Waals surface area contributed by atoms with E-state index in [0.29, 0.717) is 11.6 Å². The zero-order valence-electron chi connectivity index (χ0n) is 12.9. The van der Waals surface area contributed by atoms with E-state index in [0.717, 1.165) is 11.3 Å². The molecule has 0 aliphatic heterocycles. The normalized spacial score (nSPS) is 12.4. The van der Waals surface area contributed by atoms with Gasteiger partial charge in [0, 0.05) is 5.56 Å². The van der Waals surface area contributed by atoms with Crippen molar-refractivity contribution in [3.63, 3.8) is 0 Å². The molecule has 1 aromatic carbocycles. The Morgan fingerprint density at radius 1 is 1.11 bits per heavy atom. The summed E-state index contributed by atoms with van der Waals surface area (Å²) in [6.45, 7) is 17.2. The van der Waals surface area contributed by atoms with Crippen molar-refractivity contribution in [2.45, 2.75) is 52.4 Å². The fourth-order valence-corrected chi connectivity index (χ4v) is 2.15. The van der Waals surface area contributed by atoms with Crippen molar-refractivity contribution in [2.75, 3.05) is 6.61 Å². The summed E-state index contributed by atoms with van der Waals surface area (Å²) in [7, 11) is 0. The molecule has 0 aliphatic rings. The summed E-state index contributed by atoms with van der Waals surface area (Å²) < 4.78 is 5.76. The molecular weight excluding hydrogens is 256 g/mol. The Bertz CT molecular complexity index is 461. The zero-order valence-corrected chi connectivity index (χ0v) is 13.7. The monoisotopic (exact) mass is 280 g/mol. The first kappa shape index (κ1) is 16.1. The lowest BCUT2D eigenvalue weighted by Gasteiger charge is -2.28. The van der Waals surface area contributed by atoms with E-state index in [9.17, 15) is 0 Å². The minimum Gasteiger partial charge on any atom is -0.488 e. The third-order valence-corrected chi connectivity index (χ3v) is 3.34. The quantitative estimate of drug-likeness (QED) is 0.664. The van der Waals surface area contributed by atoms with Crippen LogP contribution in [0, 0.1) is 0 Å². The Kier molecular flexibility index (Phi) is 4.73. The maximum absolute atomic E-state index is 6.42. The second-order valence-corrected chi connectivity index (χ2v) is 7.34. The highest BCUT2D eigenvalue weighted by Crippen LogP contribution is 2.40. The van der Waals surface area contributed by atoms with Gasteiger partial charge >= 0.3 is 0 Å². The molecule has 1 aromatic rings. The smallest absolute Gasteiger partial charge is 0.142 e. The number of rotatable bonds is 3. The van der Waals surface area contributed by atoms with Crippen LogP contribution in [0.4, 0.5) is 0 Å². The number of hydrogen-bond acceptors (Lipinski definition) is 1. The first-order valence-corrected chi connectivity index (χ1v) is 7.03. The Hall–Kier alpha value is -0.950. The predicted molar refractivity (Wildman–Crippen MR) is 84.5 cm³/mol. The van der Waals surface area contributed by atoms with E-state index < -0.39 is 0 Å². The van der Waals surface area contributed by atoms with Gasteiger partial charge in [-0.3, -0.25) is 0 Å². The van der Waals surface area contributed by atoms with Crippen LogP contribution in [0.5, 0.6) is 5.75 Å². The van der Waals surface area contributed by atoms with Gasteiger partial charge in [0.25, 0.3) is 0 Å². The number of benzene rings is 1. The Balaban J connectivity index is 3.43. The maximum atomic E-state index is 6.42. The summed E-state index contributed by atoms with van der Waals surface area (Å²) in [5.41, 5.74) is 2.43. The van der Waals surface area contributed by atoms with E-state index in [1.807, 2.05) is 6.07 Å². The average Bonchev–Trinajstić information content (AvgIpc) is 2.23. The van der Waals surface area contributed by atoms with Crippen molar-refractivity contribution >= 4 is 11.6 Å². The summed E-state index contributed by atoms with van der Waals surface area (Å²) in [5, 5.41) is 0.680. The lowest BCUT2D eigenvalue weighted by Crippen LogP contribution is -2.18. The van der Waals surface area contributed by atoms with Gasteiger partial charge in [-0.2, -0.15) is 0 Å². The number of ether oxygens (including phenoxy) is 1. The van der Waals surface area contributed by atoms with Crippen molar-refractivity contribution in [1.82, 2.24) is 0 Å². The molecule has 0 saturated carbocycles. The molecule has 0 bridgehead atoms. The first-order valence-electron chi connectivity index (χ1n) is 6.65. The second kappa shape index (κ2) is 5.58. The summed E-state index contributed by atoms with van der Waals surface area (Å²) >= 11 is 6.42. The molecule has 1 rings (SSSR count). The highest BCUT2D eigenvalue weighted by molar-refractivity contribution is 6.32. The minimum atomic E-state index is -0.0125. The third-order valence-electron chi connectivity index (χ3n) is 3.06. The van der Waals surface area contributed by atoms with E-state index in [4.69, 9.17) is 16.3 Å². The van der Waals surface area contributed by atoms with Crippen LogP contribution in [-0.2, 0) is 10.8 Å². The molecule has 0 atom stereocenters. The van der Waals surface area contributed by atoms with Crippen LogP contribution in [0.2, 0.25) is 5.02 Å². The van der Waals surface area contributed by atoms with E-state index in [2.05, 4.69) is 54.2 Å². The Morgan fingerprint density at radius 2 is 1.68 bits per heavy atom. The molecule has 0 aromatic heterocycles. The van der Waals surface area contributed by atoms with Crippen LogP contribution in [0.15, 0.2) is 24.8 Å². The molecule has 0 spiro atoms. The summed E-state index contributed by atoms with van der Waals surface area (Å²) in [6.07, 6.45) is 1.74. The molecule has 2 heteroatoms. The number of halogens is 1. The maximum Gasteiger partial charge on any atom is 0.142 e. The molecule has 0 aliphatic carbocycles. The van der Waals surface area contributed by atoms with Crippen LogP contribution >= 0.6 is 11.6 Å². The predicted octanol–water partition coefficient (Wildman–Crippen LogP) is 5.50. The van der Waals surface area contributed by atoms with Gasteiger partial charge in [-0.05, 0) is 22.5 Å². The lowest BCUT2D eigenvalue weighted by molar-refractivity contribution is 0.350. The van der Waals surface area contributed by atoms with Gasteiger partial charge < -0.3 is 4.74 Å². The van der Waals surface area contributed by atoms with Gasteiger partial charge in [-0.1, -0.05) is 71.9 Å². The van der Waals surface area contributed by atoms with Crippen LogP contribution in [-0.4, -0.2) is 6.61 Å². The van der Waals surface area contributed by atoms with Crippen molar-refractivity contribution in [3.8, 4) is 5.75 Å². The summed E-state index contributed by atoms with van der Waals surface area (Å²) in [6, 6.07) is 4.22. The zero-order chi connectivity index (χ0) is 14.8. The molecular formula is C17H25ClO. The average molecular weight is 281 g/mol. The van der Waals surface area contributed by atoms with Crippen LogP contribution < -0.4 is 4.74 Å². The minimum absolute atomic E-state index is 0.0125. The van der Waals surface area contributed by atoms with Crippen molar-refractivity contribution < 1.29 is 4.74 Å². The fourth-order valence-electron chi connectivity index (χ4n) is 1.87. The van der Waals surface area contributed by atoms with Crippen molar-refractivity contribution in [3.05, 3.63) is 40.9 Å². The molecule has 0 N–H and O–H groups in total. The summed E-state index contributed by atoms with van der Waals surface area (Å²) in [5.74, 6) is 0.780. The third kappa shape index (κ3) is 4.01. The second-order valence-electron chi connectivity index (χ2n) is 6.93. The SMILES string of the molecule is C=CCOc1c(Cl)cc(C(C)(C)C)cc1C(C)(C)C. The van der Waals surface area contributed by atoms with Crippen molar-refractivity contribution in [1.29, 1.82) is 0 Å². The van der Waals surface area contributed by atoms with Gasteiger partial charge in [0.15, 0.2) is 0 Å². The van der Waals surface area contributed by atoms with Gasteiger partial charge in [0.05, 0.1) is 5.02 Å². The van der Waals surface area contributed by atoms with Gasteiger partial charge in [0.2, 0.25) is 0 Å². The molecule has 1 nitrogen and oxygen atoms in total. The summed E-state index contributed by atoms with van der Waals surface area (Å²) in [4.78, 5) is 0. The lowest BCUT2D eigenvalue weighted by atomic mass is 9.80. The van der Waals surface area contributed by atoms with E-state index >= 15 is 0 Å². The largest absolute Gasteiger partial charge is 0.488 e. The Morgan fingerprint density at radius 3 is 2.11 bits per heavy atom. The van der Waals surface area contributed by atoms with E-state index in [-0.39, 0.29) is 10.8 Å². The molecule has 0 unspecified atom stereocenters. The molecule has 0 saturated heterocycles. The molecule has 0 fully saturated rings. The van der Waals surface area contributed by atoms with Crippen LogP contribution in [0.1, 0.15) is 52.7 Å². The first-order chi connectivity index (χ1) is 8.57. The molecule has 0 heterocycles. The van der Waals surface area contributed by atoms with Crippen molar-refractivity contribution in [2.24, 2.45) is 0 Å². The highest BCUT2D eigenvalue weighted by Gasteiger charge is 2.25. The topological polar surface area (TPSA) is 9.23 Å². The Labute approximate surface area is 122 Å². The van der Waals surface area contributed by atoms with Crippen LogP contribution in [0.3, 0.4) is 0 Å². The van der Waals surface area contributed by atoms with Gasteiger partial charge in [-0.25, -0.2) is 0 Å². The fraction of sp³-hybridized carbons (Fsp3) is 0.529. The number of hydrogen-bond donors (Lipinski definition) is 0. The molecule has 0 radical (unpaired) electrons.